The molecule has 1 saturated heterocycles. The number of nitrogens with zero attached hydrogens (tertiary/aromatic N) is 1. The van der Waals surface area contributed by atoms with Crippen molar-refractivity contribution in [2.75, 3.05) is 11.1 Å². The molecule has 3 rings (SSSR count). The van der Waals surface area contributed by atoms with E-state index in [1.54, 1.807) is 31.2 Å². The van der Waals surface area contributed by atoms with E-state index >= 15 is 0 Å². The Balaban J connectivity index is 1.54. The van der Waals surface area contributed by atoms with Gasteiger partial charge in [0.2, 0.25) is 11.8 Å². The van der Waals surface area contributed by atoms with E-state index in [4.69, 9.17) is 0 Å². The van der Waals surface area contributed by atoms with Gasteiger partial charge < -0.3 is 5.32 Å². The summed E-state index contributed by atoms with van der Waals surface area (Å²) in [6, 6.07) is 11.6. The summed E-state index contributed by atoms with van der Waals surface area (Å²) in [4.78, 5) is 36.8. The second kappa shape index (κ2) is 8.91. The van der Waals surface area contributed by atoms with Crippen LogP contribution in [0.15, 0.2) is 48.5 Å². The number of hydrogen-bond acceptors (Lipinski definition) is 4. The van der Waals surface area contributed by atoms with Gasteiger partial charge in [-0.05, 0) is 41.3 Å². The van der Waals surface area contributed by atoms with Gasteiger partial charge >= 0.3 is 6.18 Å². The second-order valence-electron chi connectivity index (χ2n) is 7.00. The van der Waals surface area contributed by atoms with Crippen molar-refractivity contribution in [1.29, 1.82) is 0 Å². The standard InChI is InChI=1S/C21H19F3N2O3S/c1-13(15-4-6-16(7-5-15)21(22,23)24)10-18(27)25-17-8-2-14(3-9-17)11-26-19(28)12-30-20(26)29/h2-9,13H,10-12H2,1H3,(H,25,27). The summed E-state index contributed by atoms with van der Waals surface area (Å²) in [6.07, 6.45) is -4.28. The molecule has 0 aromatic heterocycles. The van der Waals surface area contributed by atoms with Crippen molar-refractivity contribution in [3.05, 3.63) is 65.2 Å². The lowest BCUT2D eigenvalue weighted by molar-refractivity contribution is -0.137. The van der Waals surface area contributed by atoms with Gasteiger partial charge in [0, 0.05) is 12.1 Å². The smallest absolute Gasteiger partial charge is 0.326 e. The van der Waals surface area contributed by atoms with Crippen LogP contribution in [0.4, 0.5) is 23.7 Å². The number of carbonyl (C=O) groups excluding carboxylic acids is 3. The minimum atomic E-state index is -4.39. The van der Waals surface area contributed by atoms with Gasteiger partial charge in [-0.2, -0.15) is 13.2 Å². The molecule has 2 aromatic carbocycles. The van der Waals surface area contributed by atoms with Crippen LogP contribution in [0.25, 0.3) is 0 Å². The Morgan fingerprint density at radius 3 is 2.27 bits per heavy atom. The predicted octanol–water partition coefficient (Wildman–Crippen LogP) is 5.03. The molecule has 3 amide bonds. The van der Waals surface area contributed by atoms with Crippen LogP contribution < -0.4 is 5.32 Å². The van der Waals surface area contributed by atoms with Crippen LogP contribution in [-0.4, -0.2) is 27.7 Å². The zero-order chi connectivity index (χ0) is 21.9. The number of halogens is 3. The molecule has 1 aliphatic rings. The maximum absolute atomic E-state index is 12.7. The van der Waals surface area contributed by atoms with Gasteiger partial charge in [0.15, 0.2) is 0 Å². The Kier molecular flexibility index (Phi) is 6.50. The van der Waals surface area contributed by atoms with E-state index < -0.39 is 11.7 Å². The van der Waals surface area contributed by atoms with Crippen LogP contribution in [0.1, 0.15) is 36.0 Å². The molecule has 1 N–H and O–H groups in total. The Hall–Kier alpha value is -2.81. The van der Waals surface area contributed by atoms with E-state index in [1.165, 1.54) is 17.0 Å². The van der Waals surface area contributed by atoms with Gasteiger partial charge in [-0.3, -0.25) is 19.3 Å². The highest BCUT2D eigenvalue weighted by molar-refractivity contribution is 8.14. The minimum Gasteiger partial charge on any atom is -0.326 e. The summed E-state index contributed by atoms with van der Waals surface area (Å²) >= 11 is 0.975. The zero-order valence-electron chi connectivity index (χ0n) is 16.0. The number of amides is 3. The number of hydrogen-bond donors (Lipinski definition) is 1. The molecule has 9 heteroatoms. The van der Waals surface area contributed by atoms with Gasteiger partial charge in [0.1, 0.15) is 0 Å². The maximum Gasteiger partial charge on any atom is 0.416 e. The monoisotopic (exact) mass is 436 g/mol. The lowest BCUT2D eigenvalue weighted by Crippen LogP contribution is -2.27. The summed E-state index contributed by atoms with van der Waals surface area (Å²) in [5.41, 5.74) is 1.23. The summed E-state index contributed by atoms with van der Waals surface area (Å²) < 4.78 is 38.0. The Labute approximate surface area is 175 Å². The summed E-state index contributed by atoms with van der Waals surface area (Å²) in [5.74, 6) is -0.586. The van der Waals surface area contributed by atoms with Crippen molar-refractivity contribution < 1.29 is 27.6 Å². The van der Waals surface area contributed by atoms with Gasteiger partial charge in [-0.1, -0.05) is 43.0 Å². The molecule has 0 aliphatic carbocycles. The van der Waals surface area contributed by atoms with E-state index in [0.29, 0.717) is 11.3 Å². The third kappa shape index (κ3) is 5.41. The minimum absolute atomic E-state index is 0.112. The molecule has 1 heterocycles. The van der Waals surface area contributed by atoms with E-state index in [9.17, 15) is 27.6 Å². The zero-order valence-corrected chi connectivity index (χ0v) is 16.8. The lowest BCUT2D eigenvalue weighted by atomic mass is 9.96. The molecular formula is C21H19F3N2O3S. The Morgan fingerprint density at radius 2 is 1.73 bits per heavy atom. The van der Waals surface area contributed by atoms with Crippen molar-refractivity contribution in [2.45, 2.75) is 32.0 Å². The second-order valence-corrected chi connectivity index (χ2v) is 7.93. The molecule has 2 aromatic rings. The van der Waals surface area contributed by atoms with Crippen LogP contribution in [-0.2, 0) is 22.3 Å². The number of rotatable bonds is 6. The SMILES string of the molecule is CC(CC(=O)Nc1ccc(CN2C(=O)CSC2=O)cc1)c1ccc(C(F)(F)F)cc1. The molecule has 158 valence electrons. The third-order valence-electron chi connectivity index (χ3n) is 4.72. The first-order valence-corrected chi connectivity index (χ1v) is 10.1. The van der Waals surface area contributed by atoms with Crippen molar-refractivity contribution in [3.8, 4) is 0 Å². The Morgan fingerprint density at radius 1 is 1.10 bits per heavy atom. The van der Waals surface area contributed by atoms with Crippen LogP contribution >= 0.6 is 11.8 Å². The summed E-state index contributed by atoms with van der Waals surface area (Å²) in [6.45, 7) is 1.96. The van der Waals surface area contributed by atoms with E-state index in [-0.39, 0.29) is 41.7 Å². The van der Waals surface area contributed by atoms with Crippen LogP contribution in [0.2, 0.25) is 0 Å². The van der Waals surface area contributed by atoms with Crippen LogP contribution in [0.3, 0.4) is 0 Å². The normalized spacial score (nSPS) is 15.4. The number of benzene rings is 2. The van der Waals surface area contributed by atoms with Gasteiger partial charge in [-0.15, -0.1) is 0 Å². The summed E-state index contributed by atoms with van der Waals surface area (Å²) in [7, 11) is 0. The molecular weight excluding hydrogens is 417 g/mol. The highest BCUT2D eigenvalue weighted by atomic mass is 32.2. The predicted molar refractivity (Wildman–Crippen MR) is 108 cm³/mol. The number of anilines is 1. The van der Waals surface area contributed by atoms with Crippen molar-refractivity contribution in [3.63, 3.8) is 0 Å². The number of thioether (sulfide) groups is 1. The summed E-state index contributed by atoms with van der Waals surface area (Å²) in [5, 5.41) is 2.48. The highest BCUT2D eigenvalue weighted by Gasteiger charge is 2.30. The molecule has 1 atom stereocenters. The number of nitrogens with one attached hydrogen (secondary N) is 1. The molecule has 0 radical (unpaired) electrons. The molecule has 0 saturated carbocycles. The molecule has 5 nitrogen and oxygen atoms in total. The molecule has 1 fully saturated rings. The largest absolute Gasteiger partial charge is 0.416 e. The van der Waals surface area contributed by atoms with Crippen molar-refractivity contribution in [1.82, 2.24) is 4.90 Å². The topological polar surface area (TPSA) is 66.5 Å². The first kappa shape index (κ1) is 21.9. The molecule has 30 heavy (non-hydrogen) atoms. The number of alkyl halides is 3. The Bertz CT molecular complexity index is 927. The van der Waals surface area contributed by atoms with Gasteiger partial charge in [0.05, 0.1) is 17.9 Å². The average molecular weight is 436 g/mol. The fourth-order valence-electron chi connectivity index (χ4n) is 3.02. The molecule has 1 unspecified atom stereocenters. The average Bonchev–Trinajstić information content (AvgIpc) is 3.01. The molecule has 0 bridgehead atoms. The lowest BCUT2D eigenvalue weighted by Gasteiger charge is -2.15. The van der Waals surface area contributed by atoms with Crippen molar-refractivity contribution in [2.24, 2.45) is 0 Å². The van der Waals surface area contributed by atoms with E-state index in [2.05, 4.69) is 5.32 Å². The third-order valence-corrected chi connectivity index (χ3v) is 5.58. The number of imide groups is 1. The highest BCUT2D eigenvalue weighted by Crippen LogP contribution is 2.30. The quantitative estimate of drug-likeness (QED) is 0.690. The first-order chi connectivity index (χ1) is 14.1. The number of carbonyl (C=O) groups is 3. The molecule has 1 aliphatic heterocycles. The van der Waals surface area contributed by atoms with E-state index in [0.717, 1.165) is 29.5 Å². The first-order valence-electron chi connectivity index (χ1n) is 9.16. The fraction of sp³-hybridized carbons (Fsp3) is 0.286. The van der Waals surface area contributed by atoms with Crippen molar-refractivity contribution >= 4 is 34.5 Å². The van der Waals surface area contributed by atoms with Crippen LogP contribution in [0, 0.1) is 0 Å². The van der Waals surface area contributed by atoms with Crippen LogP contribution in [0.5, 0.6) is 0 Å². The molecule has 0 spiro atoms. The van der Waals surface area contributed by atoms with E-state index in [1.807, 2.05) is 0 Å². The van der Waals surface area contributed by atoms with Gasteiger partial charge in [-0.25, -0.2) is 0 Å². The maximum atomic E-state index is 12.7. The van der Waals surface area contributed by atoms with Gasteiger partial charge in [0.25, 0.3) is 5.24 Å². The fourth-order valence-corrected chi connectivity index (χ4v) is 3.74.